The molecule has 0 saturated heterocycles. The van der Waals surface area contributed by atoms with E-state index >= 15 is 0 Å². The lowest BCUT2D eigenvalue weighted by Gasteiger charge is -2.15. The zero-order chi connectivity index (χ0) is 11.8. The van der Waals surface area contributed by atoms with Crippen LogP contribution in [0.5, 0.6) is 0 Å². The minimum Gasteiger partial charge on any atom is -0.481 e. The Morgan fingerprint density at radius 1 is 1.40 bits per heavy atom. The molecule has 1 N–H and O–H groups in total. The van der Waals surface area contributed by atoms with E-state index in [-0.39, 0.29) is 24.9 Å². The van der Waals surface area contributed by atoms with Crippen LogP contribution in [0, 0.1) is 11.8 Å². The van der Waals surface area contributed by atoms with Gasteiger partial charge in [0, 0.05) is 0 Å². The monoisotopic (exact) mass is 234 g/mol. The van der Waals surface area contributed by atoms with Crippen LogP contribution in [-0.4, -0.2) is 29.8 Å². The van der Waals surface area contributed by atoms with Crippen LogP contribution in [-0.2, 0) is 14.3 Å². The average Bonchev–Trinajstić information content (AvgIpc) is 2.13. The Bertz CT molecular complexity index is 215. The number of hydrogen-bond acceptors (Lipinski definition) is 3. The Hall–Kier alpha value is -0.630. The lowest BCUT2D eigenvalue weighted by Crippen LogP contribution is -2.22. The van der Waals surface area contributed by atoms with Gasteiger partial charge in [-0.05, 0) is 18.5 Å². The van der Waals surface area contributed by atoms with Crippen molar-refractivity contribution in [2.75, 3.05) is 12.8 Å². The summed E-state index contributed by atoms with van der Waals surface area (Å²) in [6.45, 7) is 4.04. The lowest BCUT2D eigenvalue weighted by molar-refractivity contribution is -0.150. The van der Waals surface area contributed by atoms with Crippen LogP contribution in [0.15, 0.2) is 0 Å². The van der Waals surface area contributed by atoms with Gasteiger partial charge in [-0.1, -0.05) is 13.8 Å². The van der Waals surface area contributed by atoms with Gasteiger partial charge in [-0.25, -0.2) is 0 Å². The second-order valence-electron chi connectivity index (χ2n) is 3.87. The topological polar surface area (TPSA) is 63.6 Å². The summed E-state index contributed by atoms with van der Waals surface area (Å²) >= 11 is 0. The molecule has 0 aliphatic heterocycles. The molecule has 0 aliphatic carbocycles. The maximum Gasteiger partial charge on any atom is 0.309 e. The molecule has 0 radical (unpaired) electrons. The van der Waals surface area contributed by atoms with Crippen LogP contribution in [0.25, 0.3) is 0 Å². The number of rotatable bonds is 7. The number of aliphatic carboxylic acids is 1. The molecule has 0 heterocycles. The summed E-state index contributed by atoms with van der Waals surface area (Å²) in [4.78, 5) is 21.7. The first-order chi connectivity index (χ1) is 6.97. The van der Waals surface area contributed by atoms with Crippen molar-refractivity contribution in [2.45, 2.75) is 26.7 Å². The van der Waals surface area contributed by atoms with E-state index in [1.54, 1.807) is 0 Å². The molecule has 88 valence electrons. The first kappa shape index (κ1) is 14.4. The summed E-state index contributed by atoms with van der Waals surface area (Å²) in [6.07, 6.45) is 1.30. The molecule has 0 bridgehead atoms. The number of esters is 1. The molecule has 0 amide bonds. The van der Waals surface area contributed by atoms with Crippen molar-refractivity contribution in [2.24, 2.45) is 11.8 Å². The van der Waals surface area contributed by atoms with Crippen LogP contribution in [0.4, 0.5) is 0 Å². The molecule has 5 heteroatoms. The fraction of sp³-hybridized carbons (Fsp3) is 0.800. The van der Waals surface area contributed by atoms with Gasteiger partial charge in [0.25, 0.3) is 0 Å². The Labute approximate surface area is 92.6 Å². The number of carbonyl (C=O) groups is 2. The van der Waals surface area contributed by atoms with Crippen molar-refractivity contribution < 1.29 is 19.4 Å². The number of carboxylic acids is 1. The zero-order valence-corrected chi connectivity index (χ0v) is 10.4. The highest BCUT2D eigenvalue weighted by atomic mass is 31.0. The first-order valence-corrected chi connectivity index (χ1v) is 5.87. The summed E-state index contributed by atoms with van der Waals surface area (Å²) < 4.78 is 4.87. The SMILES string of the molecule is CC(C)CC(CP)C(=O)OCCC(=O)O. The van der Waals surface area contributed by atoms with Gasteiger partial charge in [-0.3, -0.25) is 9.59 Å². The van der Waals surface area contributed by atoms with E-state index in [9.17, 15) is 9.59 Å². The van der Waals surface area contributed by atoms with Gasteiger partial charge >= 0.3 is 11.9 Å². The average molecular weight is 234 g/mol. The number of hydrogen-bond donors (Lipinski definition) is 1. The highest BCUT2D eigenvalue weighted by Gasteiger charge is 2.19. The van der Waals surface area contributed by atoms with E-state index in [1.807, 2.05) is 13.8 Å². The maximum atomic E-state index is 11.5. The van der Waals surface area contributed by atoms with Crippen LogP contribution in [0.1, 0.15) is 26.7 Å². The Kier molecular flexibility index (Phi) is 7.31. The Morgan fingerprint density at radius 2 is 2.00 bits per heavy atom. The van der Waals surface area contributed by atoms with Crippen LogP contribution >= 0.6 is 9.24 Å². The fourth-order valence-electron chi connectivity index (χ4n) is 1.21. The van der Waals surface area contributed by atoms with Gasteiger partial charge in [0.2, 0.25) is 0 Å². The normalized spacial score (nSPS) is 12.5. The third kappa shape index (κ3) is 7.32. The van der Waals surface area contributed by atoms with Crippen molar-refractivity contribution in [1.82, 2.24) is 0 Å². The summed E-state index contributed by atoms with van der Waals surface area (Å²) in [7, 11) is 2.52. The second-order valence-corrected chi connectivity index (χ2v) is 4.34. The largest absolute Gasteiger partial charge is 0.481 e. The summed E-state index contributed by atoms with van der Waals surface area (Å²) in [5.41, 5.74) is 0. The molecule has 0 aromatic rings. The summed E-state index contributed by atoms with van der Waals surface area (Å²) in [5.74, 6) is -0.944. The van der Waals surface area contributed by atoms with Crippen molar-refractivity contribution in [1.29, 1.82) is 0 Å². The van der Waals surface area contributed by atoms with E-state index in [1.165, 1.54) is 0 Å². The number of carboxylic acid groups (broad SMARTS) is 1. The predicted molar refractivity (Wildman–Crippen MR) is 60.7 cm³/mol. The molecule has 15 heavy (non-hydrogen) atoms. The predicted octanol–water partition coefficient (Wildman–Crippen LogP) is 1.54. The molecular formula is C10H19O4P. The maximum absolute atomic E-state index is 11.5. The molecule has 4 nitrogen and oxygen atoms in total. The lowest BCUT2D eigenvalue weighted by atomic mass is 9.99. The molecule has 0 aliphatic rings. The highest BCUT2D eigenvalue weighted by Crippen LogP contribution is 2.15. The molecule has 0 saturated carbocycles. The molecule has 0 spiro atoms. The van der Waals surface area contributed by atoms with Crippen LogP contribution < -0.4 is 0 Å². The minimum atomic E-state index is -0.950. The van der Waals surface area contributed by atoms with Gasteiger partial charge in [0.15, 0.2) is 0 Å². The molecular weight excluding hydrogens is 215 g/mol. The minimum absolute atomic E-state index is 0.0343. The summed E-state index contributed by atoms with van der Waals surface area (Å²) in [5, 5.41) is 8.37. The molecule has 2 atom stereocenters. The van der Waals surface area contributed by atoms with E-state index in [0.29, 0.717) is 12.1 Å². The van der Waals surface area contributed by atoms with E-state index in [0.717, 1.165) is 6.42 Å². The standard InChI is InChI=1S/C10H19O4P/c1-7(2)5-8(6-15)10(13)14-4-3-9(11)12/h7-8H,3-6,15H2,1-2H3,(H,11,12). The van der Waals surface area contributed by atoms with E-state index in [2.05, 4.69) is 9.24 Å². The fourth-order valence-corrected chi connectivity index (χ4v) is 1.60. The number of ether oxygens (including phenoxy) is 1. The molecule has 0 aromatic heterocycles. The van der Waals surface area contributed by atoms with Crippen molar-refractivity contribution in [3.63, 3.8) is 0 Å². The van der Waals surface area contributed by atoms with E-state index in [4.69, 9.17) is 9.84 Å². The third-order valence-electron chi connectivity index (χ3n) is 1.93. The van der Waals surface area contributed by atoms with Gasteiger partial charge in [0.05, 0.1) is 12.3 Å². The van der Waals surface area contributed by atoms with Crippen LogP contribution in [0.2, 0.25) is 0 Å². The molecule has 0 rings (SSSR count). The molecule has 2 unspecified atom stereocenters. The van der Waals surface area contributed by atoms with Crippen molar-refractivity contribution in [3.05, 3.63) is 0 Å². The Balaban J connectivity index is 3.88. The Morgan fingerprint density at radius 3 is 2.40 bits per heavy atom. The summed E-state index contributed by atoms with van der Waals surface area (Å²) in [6, 6.07) is 0. The zero-order valence-electron chi connectivity index (χ0n) is 9.23. The van der Waals surface area contributed by atoms with Gasteiger partial charge in [-0.2, -0.15) is 0 Å². The van der Waals surface area contributed by atoms with Crippen molar-refractivity contribution in [3.8, 4) is 0 Å². The van der Waals surface area contributed by atoms with Crippen LogP contribution in [0.3, 0.4) is 0 Å². The van der Waals surface area contributed by atoms with E-state index < -0.39 is 5.97 Å². The molecule has 0 fully saturated rings. The molecule has 0 aromatic carbocycles. The highest BCUT2D eigenvalue weighted by molar-refractivity contribution is 7.16. The smallest absolute Gasteiger partial charge is 0.309 e. The number of carbonyl (C=O) groups excluding carboxylic acids is 1. The second kappa shape index (κ2) is 7.63. The quantitative estimate of drug-likeness (QED) is 0.536. The van der Waals surface area contributed by atoms with Crippen molar-refractivity contribution >= 4 is 21.2 Å². The third-order valence-corrected chi connectivity index (χ3v) is 2.50. The van der Waals surface area contributed by atoms with Gasteiger partial charge < -0.3 is 9.84 Å². The van der Waals surface area contributed by atoms with Gasteiger partial charge in [-0.15, -0.1) is 9.24 Å². The first-order valence-electron chi connectivity index (χ1n) is 5.05. The van der Waals surface area contributed by atoms with Gasteiger partial charge in [0.1, 0.15) is 6.61 Å².